The number of nitrogens with zero attached hydrogens (tertiary/aromatic N) is 1. The van der Waals surface area contributed by atoms with Crippen LogP contribution in [-0.2, 0) is 4.79 Å². The minimum atomic E-state index is 0.173. The summed E-state index contributed by atoms with van der Waals surface area (Å²) in [6.45, 7) is 8.15. The molecule has 2 unspecified atom stereocenters. The molecule has 1 fully saturated rings. The van der Waals surface area contributed by atoms with Crippen LogP contribution < -0.4 is 5.73 Å². The molecule has 17 heavy (non-hydrogen) atoms. The van der Waals surface area contributed by atoms with Crippen LogP contribution in [0.1, 0.15) is 52.9 Å². The summed E-state index contributed by atoms with van der Waals surface area (Å²) in [4.78, 5) is 14.4. The lowest BCUT2D eigenvalue weighted by atomic mass is 9.92. The van der Waals surface area contributed by atoms with Gasteiger partial charge in [-0.2, -0.15) is 0 Å². The molecule has 1 amide bonds. The highest BCUT2D eigenvalue weighted by Crippen LogP contribution is 2.21. The Balaban J connectivity index is 2.59. The Bertz CT molecular complexity index is 226. The van der Waals surface area contributed by atoms with E-state index >= 15 is 0 Å². The second-order valence-corrected chi connectivity index (χ2v) is 5.62. The fourth-order valence-corrected chi connectivity index (χ4v) is 2.93. The van der Waals surface area contributed by atoms with Gasteiger partial charge in [-0.3, -0.25) is 4.79 Å². The molecule has 1 aliphatic heterocycles. The first-order valence-corrected chi connectivity index (χ1v) is 7.12. The molecule has 2 N–H and O–H groups in total. The molecule has 2 atom stereocenters. The van der Waals surface area contributed by atoms with Crippen LogP contribution in [0.2, 0.25) is 0 Å². The number of piperidine rings is 1. The van der Waals surface area contributed by atoms with E-state index in [-0.39, 0.29) is 12.0 Å². The summed E-state index contributed by atoms with van der Waals surface area (Å²) in [6.07, 6.45) is 5.27. The number of hydrogen-bond donors (Lipinski definition) is 1. The summed E-state index contributed by atoms with van der Waals surface area (Å²) in [5, 5.41) is 0. The van der Waals surface area contributed by atoms with E-state index in [1.54, 1.807) is 0 Å². The molecule has 0 aromatic carbocycles. The van der Waals surface area contributed by atoms with Gasteiger partial charge in [0.15, 0.2) is 0 Å². The third kappa shape index (κ3) is 4.30. The van der Waals surface area contributed by atoms with Gasteiger partial charge in [-0.1, -0.05) is 33.6 Å². The van der Waals surface area contributed by atoms with Gasteiger partial charge in [-0.25, -0.2) is 0 Å². The minimum absolute atomic E-state index is 0.173. The van der Waals surface area contributed by atoms with Gasteiger partial charge < -0.3 is 10.6 Å². The average molecular weight is 240 g/mol. The summed E-state index contributed by atoms with van der Waals surface area (Å²) in [6, 6.07) is 0.173. The fraction of sp³-hybridized carbons (Fsp3) is 0.929. The molecule has 0 bridgehead atoms. The number of amides is 1. The van der Waals surface area contributed by atoms with Crippen LogP contribution >= 0.6 is 0 Å². The second kappa shape index (κ2) is 7.00. The molecular weight excluding hydrogens is 212 g/mol. The number of likely N-dealkylation sites (tertiary alicyclic amines) is 1. The van der Waals surface area contributed by atoms with Gasteiger partial charge in [0.25, 0.3) is 0 Å². The van der Waals surface area contributed by atoms with Crippen LogP contribution in [0.25, 0.3) is 0 Å². The zero-order valence-corrected chi connectivity index (χ0v) is 11.6. The van der Waals surface area contributed by atoms with Gasteiger partial charge in [0.2, 0.25) is 5.91 Å². The Morgan fingerprint density at radius 3 is 2.35 bits per heavy atom. The standard InChI is InChI=1S/C14H28N2O/c1-4-6-12(7-5-2)14(17)16-9-11(3)8-13(15)10-16/h11-13H,4-10,15H2,1-3H3. The molecule has 0 aromatic heterocycles. The van der Waals surface area contributed by atoms with Crippen molar-refractivity contribution in [1.82, 2.24) is 4.90 Å². The number of rotatable bonds is 5. The molecule has 0 saturated carbocycles. The lowest BCUT2D eigenvalue weighted by Crippen LogP contribution is -2.50. The Morgan fingerprint density at radius 2 is 1.88 bits per heavy atom. The van der Waals surface area contributed by atoms with Crippen LogP contribution in [0.15, 0.2) is 0 Å². The molecule has 1 rings (SSSR count). The third-order valence-corrected chi connectivity index (χ3v) is 3.63. The molecule has 100 valence electrons. The van der Waals surface area contributed by atoms with Crippen molar-refractivity contribution in [2.75, 3.05) is 13.1 Å². The first kappa shape index (κ1) is 14.5. The van der Waals surface area contributed by atoms with Crippen molar-refractivity contribution in [3.05, 3.63) is 0 Å². The lowest BCUT2D eigenvalue weighted by Gasteiger charge is -2.36. The predicted molar refractivity (Wildman–Crippen MR) is 71.6 cm³/mol. The topological polar surface area (TPSA) is 46.3 Å². The number of hydrogen-bond acceptors (Lipinski definition) is 2. The maximum Gasteiger partial charge on any atom is 0.225 e. The van der Waals surface area contributed by atoms with Crippen molar-refractivity contribution in [2.24, 2.45) is 17.6 Å². The van der Waals surface area contributed by atoms with Crippen molar-refractivity contribution in [3.8, 4) is 0 Å². The number of nitrogens with two attached hydrogens (primary N) is 1. The zero-order chi connectivity index (χ0) is 12.8. The molecule has 3 nitrogen and oxygen atoms in total. The molecule has 0 aromatic rings. The van der Waals surface area contributed by atoms with E-state index in [4.69, 9.17) is 5.73 Å². The maximum atomic E-state index is 12.4. The Morgan fingerprint density at radius 1 is 1.29 bits per heavy atom. The molecule has 1 heterocycles. The Hall–Kier alpha value is -0.570. The summed E-state index contributed by atoms with van der Waals surface area (Å²) in [5.74, 6) is 1.12. The molecule has 3 heteroatoms. The van der Waals surface area contributed by atoms with Crippen molar-refractivity contribution in [2.45, 2.75) is 58.9 Å². The first-order valence-electron chi connectivity index (χ1n) is 7.12. The van der Waals surface area contributed by atoms with Gasteiger partial charge in [0.1, 0.15) is 0 Å². The van der Waals surface area contributed by atoms with Crippen LogP contribution in [-0.4, -0.2) is 29.9 Å². The van der Waals surface area contributed by atoms with Crippen LogP contribution in [0.5, 0.6) is 0 Å². The highest BCUT2D eigenvalue weighted by molar-refractivity contribution is 5.79. The van der Waals surface area contributed by atoms with Gasteiger partial charge in [-0.05, 0) is 25.2 Å². The summed E-state index contributed by atoms with van der Waals surface area (Å²) in [5.41, 5.74) is 6.01. The van der Waals surface area contributed by atoms with Crippen LogP contribution in [0, 0.1) is 11.8 Å². The van der Waals surface area contributed by atoms with E-state index in [0.717, 1.165) is 45.2 Å². The highest BCUT2D eigenvalue weighted by Gasteiger charge is 2.29. The normalized spacial score (nSPS) is 25.4. The fourth-order valence-electron chi connectivity index (χ4n) is 2.93. The molecule has 0 spiro atoms. The maximum absolute atomic E-state index is 12.4. The summed E-state index contributed by atoms with van der Waals surface area (Å²) < 4.78 is 0. The van der Waals surface area contributed by atoms with Gasteiger partial charge in [-0.15, -0.1) is 0 Å². The SMILES string of the molecule is CCCC(CCC)C(=O)N1CC(C)CC(N)C1. The lowest BCUT2D eigenvalue weighted by molar-refractivity contribution is -0.138. The van der Waals surface area contributed by atoms with E-state index in [1.165, 1.54) is 0 Å². The van der Waals surface area contributed by atoms with E-state index in [1.807, 2.05) is 4.90 Å². The largest absolute Gasteiger partial charge is 0.341 e. The summed E-state index contributed by atoms with van der Waals surface area (Å²) in [7, 11) is 0. The molecular formula is C14H28N2O. The Kier molecular flexibility index (Phi) is 5.96. The quantitative estimate of drug-likeness (QED) is 0.802. The zero-order valence-electron chi connectivity index (χ0n) is 11.6. The van der Waals surface area contributed by atoms with Crippen molar-refractivity contribution >= 4 is 5.91 Å². The first-order chi connectivity index (χ1) is 8.08. The summed E-state index contributed by atoms with van der Waals surface area (Å²) >= 11 is 0. The van der Waals surface area contributed by atoms with Crippen molar-refractivity contribution in [1.29, 1.82) is 0 Å². The highest BCUT2D eigenvalue weighted by atomic mass is 16.2. The smallest absolute Gasteiger partial charge is 0.225 e. The van der Waals surface area contributed by atoms with Crippen LogP contribution in [0.3, 0.4) is 0 Å². The molecule has 0 aliphatic carbocycles. The third-order valence-electron chi connectivity index (χ3n) is 3.63. The number of carbonyl (C=O) groups is 1. The Labute approximate surface area is 106 Å². The van der Waals surface area contributed by atoms with Crippen LogP contribution in [0.4, 0.5) is 0 Å². The second-order valence-electron chi connectivity index (χ2n) is 5.62. The monoisotopic (exact) mass is 240 g/mol. The van der Waals surface area contributed by atoms with E-state index in [9.17, 15) is 4.79 Å². The minimum Gasteiger partial charge on any atom is -0.341 e. The van der Waals surface area contributed by atoms with E-state index in [0.29, 0.717) is 11.8 Å². The van der Waals surface area contributed by atoms with Crippen molar-refractivity contribution < 1.29 is 4.79 Å². The van der Waals surface area contributed by atoms with Gasteiger partial charge in [0.05, 0.1) is 0 Å². The van der Waals surface area contributed by atoms with Gasteiger partial charge in [0, 0.05) is 25.0 Å². The molecule has 1 saturated heterocycles. The molecule has 1 aliphatic rings. The van der Waals surface area contributed by atoms with Gasteiger partial charge >= 0.3 is 0 Å². The van der Waals surface area contributed by atoms with E-state index < -0.39 is 0 Å². The number of carbonyl (C=O) groups excluding carboxylic acids is 1. The predicted octanol–water partition coefficient (Wildman–Crippen LogP) is 2.40. The van der Waals surface area contributed by atoms with Crippen molar-refractivity contribution in [3.63, 3.8) is 0 Å². The van der Waals surface area contributed by atoms with E-state index in [2.05, 4.69) is 20.8 Å². The molecule has 0 radical (unpaired) electrons. The average Bonchev–Trinajstić information content (AvgIpc) is 2.26.